The third kappa shape index (κ3) is 2.92. The number of hydrogen-bond donors (Lipinski definition) is 0. The lowest BCUT2D eigenvalue weighted by atomic mass is 10.2. The van der Waals surface area contributed by atoms with Crippen LogP contribution >= 0.6 is 11.6 Å². The summed E-state index contributed by atoms with van der Waals surface area (Å²) in [5.74, 6) is -1.74. The molecule has 0 aliphatic rings. The van der Waals surface area contributed by atoms with Crippen LogP contribution in [0.4, 0.5) is 8.78 Å². The average Bonchev–Trinajstić information content (AvgIpc) is 2.25. The highest BCUT2D eigenvalue weighted by molar-refractivity contribution is 6.18. The smallest absolute Gasteiger partial charge is 0.256 e. The molecule has 0 aliphatic carbocycles. The van der Waals surface area contributed by atoms with E-state index in [0.29, 0.717) is 19.2 Å². The van der Waals surface area contributed by atoms with E-state index >= 15 is 0 Å². The minimum absolute atomic E-state index is 0.131. The number of carbonyl (C=O) groups is 1. The molecule has 0 unspecified atom stereocenters. The Balaban J connectivity index is 2.94. The first-order valence-electron chi connectivity index (χ1n) is 4.90. The molecule has 0 aliphatic heterocycles. The molecular weight excluding hydrogens is 236 g/mol. The molecule has 1 amide bonds. The number of hydrogen-bond acceptors (Lipinski definition) is 1. The summed E-state index contributed by atoms with van der Waals surface area (Å²) in [7, 11) is 0. The van der Waals surface area contributed by atoms with Crippen molar-refractivity contribution in [3.8, 4) is 0 Å². The number of nitrogens with zero attached hydrogens (tertiary/aromatic N) is 1. The summed E-state index contributed by atoms with van der Waals surface area (Å²) >= 11 is 5.52. The average molecular weight is 248 g/mol. The van der Waals surface area contributed by atoms with Gasteiger partial charge in [0, 0.05) is 25.0 Å². The zero-order valence-electron chi connectivity index (χ0n) is 8.84. The van der Waals surface area contributed by atoms with Gasteiger partial charge in [-0.1, -0.05) is 0 Å². The fourth-order valence-electron chi connectivity index (χ4n) is 1.34. The predicted octanol–water partition coefficient (Wildman–Crippen LogP) is 2.67. The maximum absolute atomic E-state index is 13.3. The molecule has 0 N–H and O–H groups in total. The summed E-state index contributed by atoms with van der Waals surface area (Å²) in [6.07, 6.45) is 0. The first kappa shape index (κ1) is 12.9. The molecule has 0 bridgehead atoms. The molecular formula is C11H12ClF2NO. The Bertz CT molecular complexity index is 384. The van der Waals surface area contributed by atoms with Gasteiger partial charge in [0.2, 0.25) is 0 Å². The molecule has 0 fully saturated rings. The van der Waals surface area contributed by atoms with Crippen LogP contribution in [0, 0.1) is 11.6 Å². The Labute approximate surface area is 97.8 Å². The van der Waals surface area contributed by atoms with Gasteiger partial charge in [0.1, 0.15) is 11.6 Å². The highest BCUT2D eigenvalue weighted by atomic mass is 35.5. The molecule has 2 nitrogen and oxygen atoms in total. The summed E-state index contributed by atoms with van der Waals surface area (Å²) in [4.78, 5) is 13.2. The van der Waals surface area contributed by atoms with E-state index in [1.54, 1.807) is 6.92 Å². The van der Waals surface area contributed by atoms with E-state index in [0.717, 1.165) is 12.1 Å². The Kier molecular flexibility index (Phi) is 4.68. The highest BCUT2D eigenvalue weighted by Gasteiger charge is 2.17. The minimum Gasteiger partial charge on any atom is -0.338 e. The molecule has 0 radical (unpaired) electrons. The fourth-order valence-corrected chi connectivity index (χ4v) is 1.54. The van der Waals surface area contributed by atoms with Crippen molar-refractivity contribution < 1.29 is 13.6 Å². The lowest BCUT2D eigenvalue weighted by Crippen LogP contribution is -2.33. The van der Waals surface area contributed by atoms with Gasteiger partial charge in [-0.2, -0.15) is 0 Å². The largest absolute Gasteiger partial charge is 0.338 e. The van der Waals surface area contributed by atoms with Gasteiger partial charge in [0.25, 0.3) is 5.91 Å². The minimum atomic E-state index is -0.849. The number of benzene rings is 1. The number of halogens is 3. The van der Waals surface area contributed by atoms with Gasteiger partial charge in [-0.25, -0.2) is 8.78 Å². The molecule has 1 aromatic rings. The molecule has 0 spiro atoms. The van der Waals surface area contributed by atoms with E-state index in [-0.39, 0.29) is 11.4 Å². The lowest BCUT2D eigenvalue weighted by Gasteiger charge is -2.19. The second-order valence-corrected chi connectivity index (χ2v) is 3.58. The van der Waals surface area contributed by atoms with Gasteiger partial charge in [-0.05, 0) is 19.1 Å². The van der Waals surface area contributed by atoms with E-state index in [9.17, 15) is 13.6 Å². The van der Waals surface area contributed by atoms with Crippen LogP contribution in [0.2, 0.25) is 0 Å². The zero-order chi connectivity index (χ0) is 12.1. The van der Waals surface area contributed by atoms with E-state index < -0.39 is 17.5 Å². The van der Waals surface area contributed by atoms with Crippen molar-refractivity contribution in [2.45, 2.75) is 6.92 Å². The Morgan fingerprint density at radius 3 is 2.62 bits per heavy atom. The van der Waals surface area contributed by atoms with Gasteiger partial charge in [-0.3, -0.25) is 4.79 Å². The van der Waals surface area contributed by atoms with Crippen LogP contribution < -0.4 is 0 Å². The van der Waals surface area contributed by atoms with Crippen LogP contribution in [-0.4, -0.2) is 29.8 Å². The van der Waals surface area contributed by atoms with Gasteiger partial charge in [0.05, 0.1) is 5.56 Å². The zero-order valence-corrected chi connectivity index (χ0v) is 9.60. The van der Waals surface area contributed by atoms with Crippen molar-refractivity contribution in [3.05, 3.63) is 35.4 Å². The van der Waals surface area contributed by atoms with Crippen molar-refractivity contribution in [3.63, 3.8) is 0 Å². The maximum atomic E-state index is 13.3. The third-order valence-corrected chi connectivity index (χ3v) is 2.35. The van der Waals surface area contributed by atoms with Crippen molar-refractivity contribution in [2.75, 3.05) is 19.0 Å². The molecule has 0 heterocycles. The monoisotopic (exact) mass is 247 g/mol. The quantitative estimate of drug-likeness (QED) is 0.749. The predicted molar refractivity (Wildman–Crippen MR) is 58.7 cm³/mol. The highest BCUT2D eigenvalue weighted by Crippen LogP contribution is 2.12. The molecule has 5 heteroatoms. The third-order valence-electron chi connectivity index (χ3n) is 2.18. The van der Waals surface area contributed by atoms with Crippen LogP contribution in [-0.2, 0) is 0 Å². The number of amides is 1. The molecule has 16 heavy (non-hydrogen) atoms. The number of alkyl halides is 1. The summed E-state index contributed by atoms with van der Waals surface area (Å²) in [5.41, 5.74) is -0.131. The first-order valence-corrected chi connectivity index (χ1v) is 5.44. The van der Waals surface area contributed by atoms with E-state index in [1.807, 2.05) is 0 Å². The summed E-state index contributed by atoms with van der Waals surface area (Å²) < 4.78 is 26.0. The molecule has 0 aromatic heterocycles. The first-order chi connectivity index (χ1) is 7.60. The SMILES string of the molecule is CCN(CCCl)C(=O)c1ccc(F)cc1F. The van der Waals surface area contributed by atoms with Crippen LogP contribution in [0.3, 0.4) is 0 Å². The second-order valence-electron chi connectivity index (χ2n) is 3.20. The second kappa shape index (κ2) is 5.80. The topological polar surface area (TPSA) is 20.3 Å². The number of carbonyl (C=O) groups excluding carboxylic acids is 1. The standard InChI is InChI=1S/C11H12ClF2NO/c1-2-15(6-5-12)11(16)9-4-3-8(13)7-10(9)14/h3-4,7H,2,5-6H2,1H3. The molecule has 1 aromatic carbocycles. The molecule has 0 atom stereocenters. The Hall–Kier alpha value is -1.16. The van der Waals surface area contributed by atoms with Crippen molar-refractivity contribution >= 4 is 17.5 Å². The maximum Gasteiger partial charge on any atom is 0.256 e. The van der Waals surface area contributed by atoms with Crippen LogP contribution in [0.15, 0.2) is 18.2 Å². The number of rotatable bonds is 4. The van der Waals surface area contributed by atoms with Crippen molar-refractivity contribution in [1.82, 2.24) is 4.90 Å². The van der Waals surface area contributed by atoms with E-state index in [4.69, 9.17) is 11.6 Å². The van der Waals surface area contributed by atoms with E-state index in [1.165, 1.54) is 4.90 Å². The van der Waals surface area contributed by atoms with Crippen LogP contribution in [0.5, 0.6) is 0 Å². The van der Waals surface area contributed by atoms with Crippen molar-refractivity contribution in [1.29, 1.82) is 0 Å². The normalized spacial score (nSPS) is 10.2. The Morgan fingerprint density at radius 2 is 2.12 bits per heavy atom. The van der Waals surface area contributed by atoms with Crippen LogP contribution in [0.25, 0.3) is 0 Å². The summed E-state index contributed by atoms with van der Waals surface area (Å²) in [6.45, 7) is 2.54. The summed E-state index contributed by atoms with van der Waals surface area (Å²) in [5, 5.41) is 0. The summed E-state index contributed by atoms with van der Waals surface area (Å²) in [6, 6.07) is 2.90. The van der Waals surface area contributed by atoms with Crippen molar-refractivity contribution in [2.24, 2.45) is 0 Å². The van der Waals surface area contributed by atoms with Gasteiger partial charge >= 0.3 is 0 Å². The Morgan fingerprint density at radius 1 is 1.44 bits per heavy atom. The molecule has 1 rings (SSSR count). The van der Waals surface area contributed by atoms with Gasteiger partial charge in [0.15, 0.2) is 0 Å². The van der Waals surface area contributed by atoms with E-state index in [2.05, 4.69) is 0 Å². The lowest BCUT2D eigenvalue weighted by molar-refractivity contribution is 0.0769. The van der Waals surface area contributed by atoms with Crippen LogP contribution in [0.1, 0.15) is 17.3 Å². The van der Waals surface area contributed by atoms with Gasteiger partial charge < -0.3 is 4.90 Å². The molecule has 0 saturated heterocycles. The molecule has 0 saturated carbocycles. The molecule has 88 valence electrons. The van der Waals surface area contributed by atoms with Gasteiger partial charge in [-0.15, -0.1) is 11.6 Å². The fraction of sp³-hybridized carbons (Fsp3) is 0.364.